The molecule has 0 aliphatic heterocycles. The van der Waals surface area contributed by atoms with E-state index >= 15 is 0 Å². The van der Waals surface area contributed by atoms with Crippen molar-refractivity contribution in [1.29, 1.82) is 0 Å². The number of aromatic nitrogens is 3. The van der Waals surface area contributed by atoms with E-state index in [-0.39, 0.29) is 18.8 Å². The van der Waals surface area contributed by atoms with E-state index in [4.69, 9.17) is 0 Å². The molecule has 0 amide bonds. The van der Waals surface area contributed by atoms with Crippen molar-refractivity contribution in [3.05, 3.63) is 11.9 Å². The minimum Gasteiger partial charge on any atom is -0.384 e. The van der Waals surface area contributed by atoms with Gasteiger partial charge >= 0.3 is 0 Å². The van der Waals surface area contributed by atoms with Crippen molar-refractivity contribution >= 4 is 0 Å². The highest BCUT2D eigenvalue weighted by Gasteiger charge is 2.39. The molecule has 1 aromatic rings. The van der Waals surface area contributed by atoms with Gasteiger partial charge in [0.2, 0.25) is 5.92 Å². The molecule has 4 nitrogen and oxygen atoms in total. The zero-order valence-electron chi connectivity index (χ0n) is 10.0. The second kappa shape index (κ2) is 4.01. The van der Waals surface area contributed by atoms with Gasteiger partial charge in [0.25, 0.3) is 0 Å². The molecule has 0 aromatic carbocycles. The molecule has 1 aliphatic carbocycles. The van der Waals surface area contributed by atoms with Gasteiger partial charge in [-0.05, 0) is 26.2 Å². The van der Waals surface area contributed by atoms with E-state index < -0.39 is 11.5 Å². The first kappa shape index (κ1) is 12.4. The zero-order chi connectivity index (χ0) is 12.7. The SMILES string of the molecule is CC(C)(O)c1cn(CC2CCC(F)(F)C2)nn1. The summed E-state index contributed by atoms with van der Waals surface area (Å²) in [4.78, 5) is 0. The summed E-state index contributed by atoms with van der Waals surface area (Å²) in [6, 6.07) is 0. The maximum absolute atomic E-state index is 13.0. The molecule has 1 aliphatic rings. The topological polar surface area (TPSA) is 50.9 Å². The van der Waals surface area contributed by atoms with Crippen molar-refractivity contribution in [1.82, 2.24) is 15.0 Å². The average molecular weight is 245 g/mol. The first-order valence-electron chi connectivity index (χ1n) is 5.77. The summed E-state index contributed by atoms with van der Waals surface area (Å²) in [6.45, 7) is 3.68. The van der Waals surface area contributed by atoms with Crippen LogP contribution in [0.25, 0.3) is 0 Å². The smallest absolute Gasteiger partial charge is 0.248 e. The fourth-order valence-corrected chi connectivity index (χ4v) is 2.13. The number of halogens is 2. The molecular formula is C11H17F2N3O. The van der Waals surface area contributed by atoms with Crippen molar-refractivity contribution in [3.8, 4) is 0 Å². The third-order valence-corrected chi connectivity index (χ3v) is 3.12. The standard InChI is InChI=1S/C11H17F2N3O/c1-10(2,17)9-7-16(15-14-9)6-8-3-4-11(12,13)5-8/h7-8,17H,3-6H2,1-2H3. The lowest BCUT2D eigenvalue weighted by atomic mass is 10.1. The molecule has 0 bridgehead atoms. The molecule has 2 rings (SSSR count). The van der Waals surface area contributed by atoms with Crippen LogP contribution in [0.15, 0.2) is 6.20 Å². The Morgan fingerprint density at radius 1 is 1.59 bits per heavy atom. The van der Waals surface area contributed by atoms with Gasteiger partial charge < -0.3 is 5.11 Å². The molecule has 1 unspecified atom stereocenters. The van der Waals surface area contributed by atoms with Gasteiger partial charge in [-0.25, -0.2) is 8.78 Å². The van der Waals surface area contributed by atoms with E-state index in [0.29, 0.717) is 18.7 Å². The Kier molecular flexibility index (Phi) is 2.93. The third kappa shape index (κ3) is 3.00. The normalized spacial score (nSPS) is 24.2. The fraction of sp³-hybridized carbons (Fsp3) is 0.818. The molecule has 1 N–H and O–H groups in total. The van der Waals surface area contributed by atoms with Crippen LogP contribution in [0.5, 0.6) is 0 Å². The summed E-state index contributed by atoms with van der Waals surface area (Å²) < 4.78 is 27.6. The Balaban J connectivity index is 1.99. The lowest BCUT2D eigenvalue weighted by Crippen LogP contribution is -2.16. The zero-order valence-corrected chi connectivity index (χ0v) is 10.0. The summed E-state index contributed by atoms with van der Waals surface area (Å²) >= 11 is 0. The molecular weight excluding hydrogens is 228 g/mol. The van der Waals surface area contributed by atoms with Gasteiger partial charge in [-0.2, -0.15) is 0 Å². The number of alkyl halides is 2. The number of aliphatic hydroxyl groups is 1. The summed E-state index contributed by atoms with van der Waals surface area (Å²) in [6.07, 6.45) is 2.02. The van der Waals surface area contributed by atoms with Crippen LogP contribution in [0.2, 0.25) is 0 Å². The Morgan fingerprint density at radius 3 is 2.76 bits per heavy atom. The van der Waals surface area contributed by atoms with Gasteiger partial charge in [0.1, 0.15) is 11.3 Å². The van der Waals surface area contributed by atoms with Gasteiger partial charge in [-0.1, -0.05) is 5.21 Å². The van der Waals surface area contributed by atoms with E-state index in [9.17, 15) is 13.9 Å². The van der Waals surface area contributed by atoms with Crippen molar-refractivity contribution in [2.24, 2.45) is 5.92 Å². The molecule has 0 radical (unpaired) electrons. The van der Waals surface area contributed by atoms with E-state index in [2.05, 4.69) is 10.3 Å². The Morgan fingerprint density at radius 2 is 2.29 bits per heavy atom. The minimum absolute atomic E-state index is 0.0370. The molecule has 0 spiro atoms. The number of nitrogens with zero attached hydrogens (tertiary/aromatic N) is 3. The van der Waals surface area contributed by atoms with Gasteiger partial charge in [0.15, 0.2) is 0 Å². The van der Waals surface area contributed by atoms with Crippen LogP contribution >= 0.6 is 0 Å². The Hall–Kier alpha value is -1.04. The fourth-order valence-electron chi connectivity index (χ4n) is 2.13. The minimum atomic E-state index is -2.52. The van der Waals surface area contributed by atoms with Crippen molar-refractivity contribution in [2.45, 2.75) is 51.2 Å². The predicted molar refractivity (Wildman–Crippen MR) is 57.6 cm³/mol. The maximum atomic E-state index is 13.0. The molecule has 1 saturated carbocycles. The summed E-state index contributed by atoms with van der Waals surface area (Å²) in [5.74, 6) is -2.58. The quantitative estimate of drug-likeness (QED) is 0.885. The predicted octanol–water partition coefficient (Wildman–Crippen LogP) is 1.94. The average Bonchev–Trinajstić information content (AvgIpc) is 2.72. The van der Waals surface area contributed by atoms with E-state index in [0.717, 1.165) is 0 Å². The maximum Gasteiger partial charge on any atom is 0.248 e. The van der Waals surface area contributed by atoms with Crippen molar-refractivity contribution in [2.75, 3.05) is 0 Å². The third-order valence-electron chi connectivity index (χ3n) is 3.12. The Labute approximate surface area is 98.6 Å². The second-order valence-electron chi connectivity index (χ2n) is 5.35. The van der Waals surface area contributed by atoms with E-state index in [1.807, 2.05) is 0 Å². The Bertz CT molecular complexity index is 398. The first-order valence-corrected chi connectivity index (χ1v) is 5.77. The highest BCUT2D eigenvalue weighted by atomic mass is 19.3. The molecule has 1 aromatic heterocycles. The van der Waals surface area contributed by atoms with Crippen LogP contribution in [0.3, 0.4) is 0 Å². The van der Waals surface area contributed by atoms with Gasteiger partial charge in [0, 0.05) is 19.4 Å². The van der Waals surface area contributed by atoms with Gasteiger partial charge in [0.05, 0.1) is 6.20 Å². The molecule has 96 valence electrons. The number of rotatable bonds is 3. The molecule has 6 heteroatoms. The highest BCUT2D eigenvalue weighted by molar-refractivity contribution is 5.02. The summed E-state index contributed by atoms with van der Waals surface area (Å²) in [5, 5.41) is 17.4. The molecule has 1 atom stereocenters. The lowest BCUT2D eigenvalue weighted by Gasteiger charge is -2.12. The number of hydrogen-bond acceptors (Lipinski definition) is 3. The second-order valence-corrected chi connectivity index (χ2v) is 5.35. The van der Waals surface area contributed by atoms with Crippen LogP contribution in [-0.4, -0.2) is 26.0 Å². The monoisotopic (exact) mass is 245 g/mol. The molecule has 0 saturated heterocycles. The van der Waals surface area contributed by atoms with Crippen LogP contribution in [0.4, 0.5) is 8.78 Å². The summed E-state index contributed by atoms with van der Waals surface area (Å²) in [5.41, 5.74) is -0.583. The highest BCUT2D eigenvalue weighted by Crippen LogP contribution is 2.39. The van der Waals surface area contributed by atoms with Crippen LogP contribution < -0.4 is 0 Å². The lowest BCUT2D eigenvalue weighted by molar-refractivity contribution is 0.00419. The van der Waals surface area contributed by atoms with Crippen LogP contribution in [-0.2, 0) is 12.1 Å². The van der Waals surface area contributed by atoms with Crippen molar-refractivity contribution in [3.63, 3.8) is 0 Å². The molecule has 1 fully saturated rings. The first-order chi connectivity index (χ1) is 7.76. The summed E-state index contributed by atoms with van der Waals surface area (Å²) in [7, 11) is 0. The van der Waals surface area contributed by atoms with Gasteiger partial charge in [-0.3, -0.25) is 4.68 Å². The van der Waals surface area contributed by atoms with Crippen molar-refractivity contribution < 1.29 is 13.9 Å². The molecule has 17 heavy (non-hydrogen) atoms. The van der Waals surface area contributed by atoms with Crippen LogP contribution in [0, 0.1) is 5.92 Å². The van der Waals surface area contributed by atoms with Gasteiger partial charge in [-0.15, -0.1) is 5.10 Å². The van der Waals surface area contributed by atoms with Crippen LogP contribution in [0.1, 0.15) is 38.8 Å². The molecule has 1 heterocycles. The van der Waals surface area contributed by atoms with E-state index in [1.54, 1.807) is 24.7 Å². The number of hydrogen-bond donors (Lipinski definition) is 1. The van der Waals surface area contributed by atoms with E-state index in [1.165, 1.54) is 0 Å². The largest absolute Gasteiger partial charge is 0.384 e.